The van der Waals surface area contributed by atoms with Gasteiger partial charge in [-0.05, 0) is 44.1 Å². The van der Waals surface area contributed by atoms with Crippen LogP contribution in [-0.2, 0) is 16.0 Å². The van der Waals surface area contributed by atoms with E-state index in [-0.39, 0.29) is 11.9 Å². The molecular formula is C25H25ClFN7O2. The van der Waals surface area contributed by atoms with Crippen LogP contribution in [0.25, 0.3) is 22.4 Å². The molecule has 0 saturated carbocycles. The maximum atomic E-state index is 13.8. The summed E-state index contributed by atoms with van der Waals surface area (Å²) in [5.74, 6) is 0.785. The van der Waals surface area contributed by atoms with E-state index in [0.29, 0.717) is 45.5 Å². The topological polar surface area (TPSA) is 109 Å². The molecule has 0 bridgehead atoms. The number of aromatic amines is 1. The minimum atomic E-state index is -0.456. The first-order valence-corrected chi connectivity index (χ1v) is 12.1. The number of ether oxygens (including phenoxy) is 1. The van der Waals surface area contributed by atoms with Crippen LogP contribution in [0.4, 0.5) is 16.0 Å². The number of fused-ring (bicyclic) bond motifs is 1. The Kier molecular flexibility index (Phi) is 7.06. The lowest BCUT2D eigenvalue weighted by Gasteiger charge is -2.30. The minimum Gasteiger partial charge on any atom is -0.469 e. The van der Waals surface area contributed by atoms with Crippen LogP contribution in [0.5, 0.6) is 0 Å². The third-order valence-corrected chi connectivity index (χ3v) is 6.66. The summed E-state index contributed by atoms with van der Waals surface area (Å²) in [7, 11) is 1.44. The summed E-state index contributed by atoms with van der Waals surface area (Å²) in [6, 6.07) is 10.6. The van der Waals surface area contributed by atoms with Crippen molar-refractivity contribution in [3.8, 4) is 11.4 Å². The zero-order valence-electron chi connectivity index (χ0n) is 19.7. The summed E-state index contributed by atoms with van der Waals surface area (Å²) in [4.78, 5) is 27.6. The molecule has 4 heterocycles. The molecule has 36 heavy (non-hydrogen) atoms. The molecule has 1 aromatic carbocycles. The maximum Gasteiger partial charge on any atom is 0.308 e. The number of hydrogen-bond donors (Lipinski definition) is 2. The van der Waals surface area contributed by atoms with Crippen LogP contribution in [-0.4, -0.2) is 62.8 Å². The van der Waals surface area contributed by atoms with Crippen LogP contribution in [0.1, 0.15) is 18.5 Å². The van der Waals surface area contributed by atoms with Crippen LogP contribution in [0, 0.1) is 11.7 Å². The number of likely N-dealkylation sites (tertiary alicyclic amines) is 1. The van der Waals surface area contributed by atoms with E-state index in [1.54, 1.807) is 6.07 Å². The molecule has 1 fully saturated rings. The standard InChI is InChI=1S/C25H25ClFN7O2/c1-36-25(35)15-6-9-34(10-7-15)11-8-17-13-21(30-23(29-17)18-4-2-3-5-20(18)26)31-24-19-12-16(27)14-28-22(19)32-33-24/h2-5,12-15H,6-11H2,1H3,(H2,28,29,30,31,32,33). The van der Waals surface area contributed by atoms with E-state index in [9.17, 15) is 9.18 Å². The largest absolute Gasteiger partial charge is 0.469 e. The highest BCUT2D eigenvalue weighted by Crippen LogP contribution is 2.28. The predicted octanol–water partition coefficient (Wildman–Crippen LogP) is 4.38. The van der Waals surface area contributed by atoms with Gasteiger partial charge in [0.25, 0.3) is 0 Å². The quantitative estimate of drug-likeness (QED) is 0.353. The number of rotatable bonds is 7. The highest BCUT2D eigenvalue weighted by Gasteiger charge is 2.25. The van der Waals surface area contributed by atoms with Crippen molar-refractivity contribution in [2.24, 2.45) is 5.92 Å². The summed E-state index contributed by atoms with van der Waals surface area (Å²) >= 11 is 6.44. The second-order valence-corrected chi connectivity index (χ2v) is 9.09. The number of carbonyl (C=O) groups is 1. The molecule has 0 amide bonds. The second-order valence-electron chi connectivity index (χ2n) is 8.68. The van der Waals surface area contributed by atoms with Gasteiger partial charge in [-0.2, -0.15) is 5.10 Å². The van der Waals surface area contributed by atoms with Gasteiger partial charge >= 0.3 is 5.97 Å². The van der Waals surface area contributed by atoms with Crippen molar-refractivity contribution in [3.63, 3.8) is 0 Å². The Morgan fingerprint density at radius 2 is 2.06 bits per heavy atom. The number of halogens is 2. The summed E-state index contributed by atoms with van der Waals surface area (Å²) < 4.78 is 18.7. The maximum absolute atomic E-state index is 13.8. The lowest BCUT2D eigenvalue weighted by molar-refractivity contribution is -0.147. The van der Waals surface area contributed by atoms with E-state index in [1.165, 1.54) is 13.2 Å². The minimum absolute atomic E-state index is 0.0315. The van der Waals surface area contributed by atoms with Gasteiger partial charge in [0.15, 0.2) is 17.3 Å². The summed E-state index contributed by atoms with van der Waals surface area (Å²) in [6.07, 6.45) is 3.38. The molecular weight excluding hydrogens is 485 g/mol. The molecule has 1 aliphatic heterocycles. The molecule has 11 heteroatoms. The Bertz CT molecular complexity index is 1390. The third-order valence-electron chi connectivity index (χ3n) is 6.33. The second kappa shape index (κ2) is 10.5. The number of benzene rings is 1. The van der Waals surface area contributed by atoms with Crippen LogP contribution >= 0.6 is 11.6 Å². The van der Waals surface area contributed by atoms with E-state index in [0.717, 1.165) is 44.4 Å². The van der Waals surface area contributed by atoms with Crippen LogP contribution in [0.2, 0.25) is 5.02 Å². The van der Waals surface area contributed by atoms with Crippen molar-refractivity contribution >= 4 is 40.2 Å². The van der Waals surface area contributed by atoms with Gasteiger partial charge in [-0.3, -0.25) is 9.89 Å². The van der Waals surface area contributed by atoms with Crippen molar-refractivity contribution in [2.45, 2.75) is 19.3 Å². The Morgan fingerprint density at radius 1 is 1.25 bits per heavy atom. The Balaban J connectivity index is 1.39. The number of anilines is 2. The molecule has 9 nitrogen and oxygen atoms in total. The molecule has 0 atom stereocenters. The molecule has 0 aliphatic carbocycles. The van der Waals surface area contributed by atoms with Gasteiger partial charge in [0, 0.05) is 30.3 Å². The predicted molar refractivity (Wildman–Crippen MR) is 134 cm³/mol. The first-order valence-electron chi connectivity index (χ1n) is 11.7. The van der Waals surface area contributed by atoms with Gasteiger partial charge < -0.3 is 15.0 Å². The normalized spacial score (nSPS) is 14.8. The number of aromatic nitrogens is 5. The monoisotopic (exact) mass is 509 g/mol. The van der Waals surface area contributed by atoms with E-state index in [1.807, 2.05) is 24.3 Å². The van der Waals surface area contributed by atoms with Crippen molar-refractivity contribution in [3.05, 3.63) is 59.1 Å². The highest BCUT2D eigenvalue weighted by molar-refractivity contribution is 6.33. The molecule has 1 saturated heterocycles. The number of methoxy groups -OCH3 is 1. The number of pyridine rings is 1. The first-order chi connectivity index (χ1) is 17.5. The number of H-pyrrole nitrogens is 1. The Labute approximate surface area is 212 Å². The number of esters is 1. The molecule has 4 aromatic rings. The fourth-order valence-corrected chi connectivity index (χ4v) is 4.60. The van der Waals surface area contributed by atoms with Crippen LogP contribution in [0.15, 0.2) is 42.6 Å². The molecule has 0 radical (unpaired) electrons. The van der Waals surface area contributed by atoms with Gasteiger partial charge in [-0.1, -0.05) is 23.7 Å². The van der Waals surface area contributed by atoms with Gasteiger partial charge in [0.05, 0.1) is 29.6 Å². The molecule has 5 rings (SSSR count). The molecule has 2 N–H and O–H groups in total. The number of nitrogens with zero attached hydrogens (tertiary/aromatic N) is 5. The van der Waals surface area contributed by atoms with E-state index >= 15 is 0 Å². The number of hydrogen-bond acceptors (Lipinski definition) is 8. The summed E-state index contributed by atoms with van der Waals surface area (Å²) in [5.41, 5.74) is 2.00. The Hall–Kier alpha value is -3.63. The van der Waals surface area contributed by atoms with E-state index in [4.69, 9.17) is 21.3 Å². The zero-order valence-corrected chi connectivity index (χ0v) is 20.4. The van der Waals surface area contributed by atoms with Crippen molar-refractivity contribution in [1.82, 2.24) is 30.0 Å². The molecule has 1 aliphatic rings. The summed E-state index contributed by atoms with van der Waals surface area (Å²) in [5, 5.41) is 11.3. The molecule has 0 unspecified atom stereocenters. The molecule has 3 aromatic heterocycles. The molecule has 186 valence electrons. The smallest absolute Gasteiger partial charge is 0.308 e. The Morgan fingerprint density at radius 3 is 2.83 bits per heavy atom. The van der Waals surface area contributed by atoms with E-state index < -0.39 is 5.82 Å². The third kappa shape index (κ3) is 5.29. The highest BCUT2D eigenvalue weighted by atomic mass is 35.5. The number of piperidine rings is 1. The SMILES string of the molecule is COC(=O)C1CCN(CCc2cc(Nc3n[nH]c4ncc(F)cc34)nc(-c3ccccc3Cl)n2)CC1. The van der Waals surface area contributed by atoms with Gasteiger partial charge in [0.1, 0.15) is 11.6 Å². The van der Waals surface area contributed by atoms with Crippen molar-refractivity contribution < 1.29 is 13.9 Å². The van der Waals surface area contributed by atoms with E-state index in [2.05, 4.69) is 30.4 Å². The average molecular weight is 510 g/mol. The van der Waals surface area contributed by atoms with Crippen molar-refractivity contribution in [1.29, 1.82) is 0 Å². The number of nitrogens with one attached hydrogen (secondary N) is 2. The lowest BCUT2D eigenvalue weighted by Crippen LogP contribution is -2.37. The fourth-order valence-electron chi connectivity index (χ4n) is 4.38. The number of carbonyl (C=O) groups excluding carboxylic acids is 1. The van der Waals surface area contributed by atoms with Gasteiger partial charge in [-0.25, -0.2) is 19.3 Å². The lowest BCUT2D eigenvalue weighted by atomic mass is 9.97. The summed E-state index contributed by atoms with van der Waals surface area (Å²) in [6.45, 7) is 2.43. The zero-order chi connectivity index (χ0) is 25.1. The van der Waals surface area contributed by atoms with Crippen LogP contribution < -0.4 is 5.32 Å². The van der Waals surface area contributed by atoms with Crippen molar-refractivity contribution in [2.75, 3.05) is 32.1 Å². The molecule has 0 spiro atoms. The fraction of sp³-hybridized carbons (Fsp3) is 0.320. The van der Waals surface area contributed by atoms with Gasteiger partial charge in [0.2, 0.25) is 0 Å². The van der Waals surface area contributed by atoms with Gasteiger partial charge in [-0.15, -0.1) is 0 Å². The average Bonchev–Trinajstić information content (AvgIpc) is 3.29. The van der Waals surface area contributed by atoms with Crippen LogP contribution in [0.3, 0.4) is 0 Å². The first kappa shape index (κ1) is 24.1.